The highest BCUT2D eigenvalue weighted by Crippen LogP contribution is 2.31. The molecule has 0 spiro atoms. The summed E-state index contributed by atoms with van der Waals surface area (Å²) in [4.78, 5) is 27.6. The van der Waals surface area contributed by atoms with Gasteiger partial charge in [-0.05, 0) is 30.4 Å². The van der Waals surface area contributed by atoms with Crippen LogP contribution >= 0.6 is 0 Å². The molecule has 0 radical (unpaired) electrons. The van der Waals surface area contributed by atoms with Crippen LogP contribution in [0, 0.1) is 0 Å². The highest BCUT2D eigenvalue weighted by molar-refractivity contribution is 5.87. The molecule has 0 bridgehead atoms. The van der Waals surface area contributed by atoms with E-state index in [2.05, 4.69) is 4.98 Å². The van der Waals surface area contributed by atoms with Crippen molar-refractivity contribution >= 4 is 23.8 Å². The number of hydrogen-bond acceptors (Lipinski definition) is 5. The van der Waals surface area contributed by atoms with Crippen molar-refractivity contribution in [1.82, 2.24) is 9.38 Å². The molecular formula is C19H16N2O5. The summed E-state index contributed by atoms with van der Waals surface area (Å²) < 4.78 is 11.8. The molecule has 0 fully saturated rings. The third kappa shape index (κ3) is 3.27. The van der Waals surface area contributed by atoms with Gasteiger partial charge in [-0.3, -0.25) is 9.20 Å². The van der Waals surface area contributed by atoms with E-state index in [4.69, 9.17) is 14.6 Å². The van der Waals surface area contributed by atoms with Crippen molar-refractivity contribution in [3.05, 3.63) is 69.8 Å². The van der Waals surface area contributed by atoms with E-state index in [1.165, 1.54) is 28.8 Å². The molecule has 1 N–H and O–H groups in total. The van der Waals surface area contributed by atoms with Gasteiger partial charge in [0, 0.05) is 17.8 Å². The Hall–Kier alpha value is -3.61. The minimum absolute atomic E-state index is 0.0193. The number of carbonyl (C=O) groups is 1. The van der Waals surface area contributed by atoms with Gasteiger partial charge in [0.25, 0.3) is 5.56 Å². The smallest absolute Gasteiger partial charge is 0.337 e. The number of aromatic carboxylic acids is 1. The van der Waals surface area contributed by atoms with Gasteiger partial charge in [0.05, 0.1) is 25.5 Å². The average Bonchev–Trinajstić information content (AvgIpc) is 2.65. The van der Waals surface area contributed by atoms with Crippen LogP contribution < -0.4 is 15.0 Å². The van der Waals surface area contributed by atoms with Gasteiger partial charge in [0.1, 0.15) is 5.65 Å². The summed E-state index contributed by atoms with van der Waals surface area (Å²) in [6.07, 6.45) is 4.71. The number of carboxylic acids is 1. The van der Waals surface area contributed by atoms with Gasteiger partial charge in [0.2, 0.25) is 0 Å². The molecule has 0 saturated carbocycles. The number of fused-ring (bicyclic) bond motifs is 1. The van der Waals surface area contributed by atoms with Gasteiger partial charge in [-0.1, -0.05) is 12.1 Å². The summed E-state index contributed by atoms with van der Waals surface area (Å²) in [7, 11) is 3.11. The van der Waals surface area contributed by atoms with Gasteiger partial charge in [-0.15, -0.1) is 0 Å². The topological polar surface area (TPSA) is 90.1 Å². The number of methoxy groups -OCH3 is 2. The second kappa shape index (κ2) is 7.10. The zero-order chi connectivity index (χ0) is 18.7. The molecule has 2 heterocycles. The second-order valence-corrected chi connectivity index (χ2v) is 5.39. The van der Waals surface area contributed by atoms with Crippen LogP contribution in [0.2, 0.25) is 0 Å². The lowest BCUT2D eigenvalue weighted by Gasteiger charge is -2.09. The molecule has 3 aromatic rings. The largest absolute Gasteiger partial charge is 0.493 e. The molecule has 26 heavy (non-hydrogen) atoms. The molecule has 0 aliphatic rings. The third-order valence-electron chi connectivity index (χ3n) is 3.79. The van der Waals surface area contributed by atoms with E-state index in [-0.39, 0.29) is 11.1 Å². The number of benzene rings is 1. The van der Waals surface area contributed by atoms with E-state index in [1.807, 2.05) is 12.1 Å². The number of hydrogen-bond donors (Lipinski definition) is 1. The Morgan fingerprint density at radius 1 is 1.15 bits per heavy atom. The van der Waals surface area contributed by atoms with E-state index in [1.54, 1.807) is 32.4 Å². The number of aromatic nitrogens is 2. The Morgan fingerprint density at radius 3 is 2.65 bits per heavy atom. The van der Waals surface area contributed by atoms with Gasteiger partial charge in [0.15, 0.2) is 11.5 Å². The standard InChI is InChI=1S/C19H16N2O5/c1-25-15-5-3-4-12(18(15)26-2)6-8-14-10-17(22)21-11-13(19(23)24)7-9-16(21)20-14/h3-11H,1-2H3,(H,23,24)/b8-6+. The molecule has 0 amide bonds. The molecule has 0 unspecified atom stereocenters. The highest BCUT2D eigenvalue weighted by Gasteiger charge is 2.08. The summed E-state index contributed by atoms with van der Waals surface area (Å²) >= 11 is 0. The van der Waals surface area contributed by atoms with Crippen LogP contribution in [0.5, 0.6) is 11.5 Å². The molecule has 0 aliphatic carbocycles. The van der Waals surface area contributed by atoms with Crippen LogP contribution in [0.3, 0.4) is 0 Å². The Kier molecular flexibility index (Phi) is 4.70. The second-order valence-electron chi connectivity index (χ2n) is 5.39. The van der Waals surface area contributed by atoms with Crippen LogP contribution in [0.25, 0.3) is 17.8 Å². The molecule has 7 heteroatoms. The lowest BCUT2D eigenvalue weighted by molar-refractivity contribution is 0.0696. The molecule has 7 nitrogen and oxygen atoms in total. The number of pyridine rings is 1. The van der Waals surface area contributed by atoms with Gasteiger partial charge >= 0.3 is 5.97 Å². The fourth-order valence-electron chi connectivity index (χ4n) is 2.55. The van der Waals surface area contributed by atoms with Crippen LogP contribution in [-0.2, 0) is 0 Å². The van der Waals surface area contributed by atoms with Gasteiger partial charge in [-0.25, -0.2) is 9.78 Å². The van der Waals surface area contributed by atoms with Crippen molar-refractivity contribution < 1.29 is 19.4 Å². The van der Waals surface area contributed by atoms with Crippen LogP contribution in [-0.4, -0.2) is 34.7 Å². The van der Waals surface area contributed by atoms with Gasteiger partial charge in [-0.2, -0.15) is 0 Å². The summed E-state index contributed by atoms with van der Waals surface area (Å²) in [5, 5.41) is 9.02. The van der Waals surface area contributed by atoms with Crippen molar-refractivity contribution in [2.24, 2.45) is 0 Å². The van der Waals surface area contributed by atoms with Gasteiger partial charge < -0.3 is 14.6 Å². The summed E-state index contributed by atoms with van der Waals surface area (Å²) in [5.74, 6) is 0.0742. The normalized spacial score (nSPS) is 11.0. The molecule has 132 valence electrons. The SMILES string of the molecule is COc1cccc(/C=C/c2cc(=O)n3cc(C(=O)O)ccc3n2)c1OC. The molecular weight excluding hydrogens is 336 g/mol. The Morgan fingerprint density at radius 2 is 1.96 bits per heavy atom. The number of nitrogens with zero attached hydrogens (tertiary/aromatic N) is 2. The summed E-state index contributed by atoms with van der Waals surface area (Å²) in [6.45, 7) is 0. The fraction of sp³-hybridized carbons (Fsp3) is 0.105. The molecule has 2 aromatic heterocycles. The van der Waals surface area contributed by atoms with E-state index in [9.17, 15) is 9.59 Å². The maximum absolute atomic E-state index is 12.3. The quantitative estimate of drug-likeness (QED) is 0.759. The maximum atomic E-state index is 12.3. The summed E-state index contributed by atoms with van der Waals surface area (Å²) in [6, 6.07) is 9.71. The predicted octanol–water partition coefficient (Wildman–Crippen LogP) is 2.58. The minimum atomic E-state index is -1.10. The predicted molar refractivity (Wildman–Crippen MR) is 96.9 cm³/mol. The fourth-order valence-corrected chi connectivity index (χ4v) is 2.55. The molecule has 0 aliphatic heterocycles. The lowest BCUT2D eigenvalue weighted by Crippen LogP contribution is -2.15. The number of para-hydroxylation sites is 1. The van der Waals surface area contributed by atoms with Crippen molar-refractivity contribution in [1.29, 1.82) is 0 Å². The van der Waals surface area contributed by atoms with E-state index in [0.717, 1.165) is 5.56 Å². The molecule has 1 aromatic carbocycles. The molecule has 0 atom stereocenters. The summed E-state index contributed by atoms with van der Waals surface area (Å²) in [5.41, 5.74) is 1.24. The first-order chi connectivity index (χ1) is 12.5. The van der Waals surface area contributed by atoms with E-state index in [0.29, 0.717) is 22.8 Å². The molecule has 3 rings (SSSR count). The number of ether oxygens (including phenoxy) is 2. The molecule has 0 saturated heterocycles. The number of carboxylic acid groups (broad SMARTS) is 1. The van der Waals surface area contributed by atoms with Crippen LogP contribution in [0.15, 0.2) is 47.4 Å². The Balaban J connectivity index is 2.02. The average molecular weight is 352 g/mol. The zero-order valence-electron chi connectivity index (χ0n) is 14.2. The van der Waals surface area contributed by atoms with Crippen molar-refractivity contribution in [3.8, 4) is 11.5 Å². The minimum Gasteiger partial charge on any atom is -0.493 e. The van der Waals surface area contributed by atoms with Crippen LogP contribution in [0.4, 0.5) is 0 Å². The maximum Gasteiger partial charge on any atom is 0.337 e. The first kappa shape index (κ1) is 17.2. The van der Waals surface area contributed by atoms with Crippen molar-refractivity contribution in [2.75, 3.05) is 14.2 Å². The Labute approximate surface area is 148 Å². The highest BCUT2D eigenvalue weighted by atomic mass is 16.5. The van der Waals surface area contributed by atoms with Crippen LogP contribution in [0.1, 0.15) is 21.6 Å². The third-order valence-corrected chi connectivity index (χ3v) is 3.79. The lowest BCUT2D eigenvalue weighted by atomic mass is 10.1. The van der Waals surface area contributed by atoms with Crippen molar-refractivity contribution in [3.63, 3.8) is 0 Å². The van der Waals surface area contributed by atoms with E-state index < -0.39 is 5.97 Å². The van der Waals surface area contributed by atoms with Crippen molar-refractivity contribution in [2.45, 2.75) is 0 Å². The Bertz CT molecular complexity index is 1070. The zero-order valence-corrected chi connectivity index (χ0v) is 14.2. The van der Waals surface area contributed by atoms with E-state index >= 15 is 0 Å². The first-order valence-electron chi connectivity index (χ1n) is 7.69. The monoisotopic (exact) mass is 352 g/mol. The first-order valence-corrected chi connectivity index (χ1v) is 7.69. The number of rotatable bonds is 5.